The van der Waals surface area contributed by atoms with Crippen LogP contribution in [0.1, 0.15) is 0 Å². The van der Waals surface area contributed by atoms with Crippen LogP contribution in [0.15, 0.2) is 83.8 Å². The molecule has 0 spiro atoms. The second-order valence-corrected chi connectivity index (χ2v) is 7.63. The highest BCUT2D eigenvalue weighted by Gasteiger charge is 2.23. The number of ether oxygens (including phenoxy) is 2. The van der Waals surface area contributed by atoms with Crippen LogP contribution in [0, 0.1) is 0 Å². The lowest BCUT2D eigenvalue weighted by Crippen LogP contribution is -1.91. The standard InChI is InChI=1S/C26H19N5O3/c1-32-19-7-3-16(4-8-19)21-22-25-29-24(18-11-13-27-14-12-18)30-31(25)15-28-26(22)34-23(21)17-5-9-20(33-2)10-6-17/h3-15H,1-2H3. The molecule has 0 aliphatic rings. The van der Waals surface area contributed by atoms with Crippen LogP contribution < -0.4 is 9.47 Å². The molecule has 2 aromatic carbocycles. The van der Waals surface area contributed by atoms with Crippen molar-refractivity contribution in [3.05, 3.63) is 79.4 Å². The van der Waals surface area contributed by atoms with E-state index in [4.69, 9.17) is 18.9 Å². The van der Waals surface area contributed by atoms with E-state index in [0.29, 0.717) is 22.9 Å². The minimum Gasteiger partial charge on any atom is -0.497 e. The second kappa shape index (κ2) is 8.00. The zero-order valence-corrected chi connectivity index (χ0v) is 18.5. The summed E-state index contributed by atoms with van der Waals surface area (Å²) in [5, 5.41) is 5.42. The van der Waals surface area contributed by atoms with Gasteiger partial charge in [-0.25, -0.2) is 14.5 Å². The van der Waals surface area contributed by atoms with Crippen LogP contribution in [0.2, 0.25) is 0 Å². The van der Waals surface area contributed by atoms with E-state index in [9.17, 15) is 0 Å². The van der Waals surface area contributed by atoms with Gasteiger partial charge in [0.05, 0.1) is 19.6 Å². The number of fused-ring (bicyclic) bond motifs is 3. The largest absolute Gasteiger partial charge is 0.497 e. The molecule has 8 nitrogen and oxygen atoms in total. The van der Waals surface area contributed by atoms with Crippen molar-refractivity contribution < 1.29 is 13.9 Å². The second-order valence-electron chi connectivity index (χ2n) is 7.63. The molecule has 0 N–H and O–H groups in total. The van der Waals surface area contributed by atoms with E-state index in [1.165, 1.54) is 0 Å². The minimum atomic E-state index is 0.484. The fraction of sp³-hybridized carbons (Fsp3) is 0.0769. The topological polar surface area (TPSA) is 87.6 Å². The molecule has 0 amide bonds. The number of rotatable bonds is 5. The highest BCUT2D eigenvalue weighted by molar-refractivity contribution is 6.07. The highest BCUT2D eigenvalue weighted by atomic mass is 16.5. The van der Waals surface area contributed by atoms with Gasteiger partial charge in [0.2, 0.25) is 5.71 Å². The Hall–Kier alpha value is -4.72. The number of aromatic nitrogens is 5. The molecule has 0 saturated carbocycles. The SMILES string of the molecule is COc1ccc(-c2oc3ncn4nc(-c5ccncc5)nc4c3c2-c2ccc(OC)cc2)cc1. The molecule has 0 fully saturated rings. The quantitative estimate of drug-likeness (QED) is 0.354. The first-order valence-corrected chi connectivity index (χ1v) is 10.6. The minimum absolute atomic E-state index is 0.484. The van der Waals surface area contributed by atoms with E-state index in [1.807, 2.05) is 60.7 Å². The van der Waals surface area contributed by atoms with Gasteiger partial charge in [0.1, 0.15) is 23.6 Å². The Morgan fingerprint density at radius 2 is 1.41 bits per heavy atom. The van der Waals surface area contributed by atoms with E-state index >= 15 is 0 Å². The lowest BCUT2D eigenvalue weighted by atomic mass is 9.99. The molecule has 0 saturated heterocycles. The number of pyridine rings is 1. The van der Waals surface area contributed by atoms with Crippen molar-refractivity contribution in [1.29, 1.82) is 0 Å². The van der Waals surface area contributed by atoms with Crippen molar-refractivity contribution in [2.24, 2.45) is 0 Å². The van der Waals surface area contributed by atoms with Crippen LogP contribution in [0.3, 0.4) is 0 Å². The average Bonchev–Trinajstić information content (AvgIpc) is 3.51. The molecule has 0 aliphatic heterocycles. The van der Waals surface area contributed by atoms with E-state index in [-0.39, 0.29) is 0 Å². The molecule has 0 radical (unpaired) electrons. The van der Waals surface area contributed by atoms with Crippen molar-refractivity contribution in [2.75, 3.05) is 14.2 Å². The molecule has 4 heterocycles. The summed E-state index contributed by atoms with van der Waals surface area (Å²) in [5.74, 6) is 2.82. The zero-order chi connectivity index (χ0) is 23.1. The number of benzene rings is 2. The average molecular weight is 449 g/mol. The molecule has 34 heavy (non-hydrogen) atoms. The monoisotopic (exact) mass is 449 g/mol. The highest BCUT2D eigenvalue weighted by Crippen LogP contribution is 2.42. The van der Waals surface area contributed by atoms with Gasteiger partial charge in [0, 0.05) is 29.1 Å². The summed E-state index contributed by atoms with van der Waals surface area (Å²) < 4.78 is 18.7. The van der Waals surface area contributed by atoms with Gasteiger partial charge in [0.15, 0.2) is 11.5 Å². The van der Waals surface area contributed by atoms with Crippen LogP contribution in [-0.4, -0.2) is 38.8 Å². The molecule has 0 bridgehead atoms. The van der Waals surface area contributed by atoms with Crippen LogP contribution in [0.25, 0.3) is 50.6 Å². The van der Waals surface area contributed by atoms with Gasteiger partial charge in [-0.2, -0.15) is 0 Å². The number of hydrogen-bond acceptors (Lipinski definition) is 7. The fourth-order valence-corrected chi connectivity index (χ4v) is 4.00. The van der Waals surface area contributed by atoms with Gasteiger partial charge in [-0.3, -0.25) is 4.98 Å². The fourth-order valence-electron chi connectivity index (χ4n) is 4.00. The maximum atomic E-state index is 6.32. The third-order valence-electron chi connectivity index (χ3n) is 5.70. The molecule has 0 atom stereocenters. The Morgan fingerprint density at radius 3 is 2.06 bits per heavy atom. The maximum absolute atomic E-state index is 6.32. The molecule has 4 aromatic heterocycles. The number of hydrogen-bond donors (Lipinski definition) is 0. The normalized spacial score (nSPS) is 11.2. The van der Waals surface area contributed by atoms with Gasteiger partial charge in [-0.15, -0.1) is 5.10 Å². The first kappa shape index (κ1) is 19.9. The summed E-state index contributed by atoms with van der Waals surface area (Å²) in [7, 11) is 3.29. The lowest BCUT2D eigenvalue weighted by Gasteiger charge is -2.06. The predicted molar refractivity (Wildman–Crippen MR) is 128 cm³/mol. The van der Waals surface area contributed by atoms with Crippen LogP contribution in [-0.2, 0) is 0 Å². The third kappa shape index (κ3) is 3.24. The zero-order valence-electron chi connectivity index (χ0n) is 18.5. The van der Waals surface area contributed by atoms with E-state index in [2.05, 4.69) is 15.1 Å². The van der Waals surface area contributed by atoms with Gasteiger partial charge >= 0.3 is 0 Å². The molecular formula is C26H19N5O3. The molecule has 6 aromatic rings. The number of methoxy groups -OCH3 is 2. The maximum Gasteiger partial charge on any atom is 0.232 e. The summed E-state index contributed by atoms with van der Waals surface area (Å²) in [6.45, 7) is 0. The Morgan fingerprint density at radius 1 is 0.765 bits per heavy atom. The Balaban J connectivity index is 1.64. The number of furan rings is 1. The summed E-state index contributed by atoms with van der Waals surface area (Å²) in [6, 6.07) is 19.3. The Kier molecular flexibility index (Phi) is 4.69. The molecule has 0 aliphatic carbocycles. The van der Waals surface area contributed by atoms with Crippen molar-refractivity contribution in [1.82, 2.24) is 24.6 Å². The van der Waals surface area contributed by atoms with Crippen molar-refractivity contribution in [3.63, 3.8) is 0 Å². The smallest absolute Gasteiger partial charge is 0.232 e. The van der Waals surface area contributed by atoms with E-state index in [0.717, 1.165) is 39.1 Å². The van der Waals surface area contributed by atoms with Gasteiger partial charge < -0.3 is 13.9 Å². The van der Waals surface area contributed by atoms with Crippen molar-refractivity contribution in [2.45, 2.75) is 0 Å². The predicted octanol–water partition coefficient (Wildman–Crippen LogP) is 5.28. The van der Waals surface area contributed by atoms with Crippen LogP contribution >= 0.6 is 0 Å². The molecular weight excluding hydrogens is 430 g/mol. The first-order chi connectivity index (χ1) is 16.7. The first-order valence-electron chi connectivity index (χ1n) is 10.6. The molecule has 8 heteroatoms. The van der Waals surface area contributed by atoms with Crippen LogP contribution in [0.5, 0.6) is 11.5 Å². The van der Waals surface area contributed by atoms with Crippen molar-refractivity contribution in [3.8, 4) is 45.3 Å². The molecule has 6 rings (SSSR count). The summed E-state index contributed by atoms with van der Waals surface area (Å²) in [4.78, 5) is 13.5. The summed E-state index contributed by atoms with van der Waals surface area (Å²) >= 11 is 0. The Bertz CT molecular complexity index is 1600. The van der Waals surface area contributed by atoms with Crippen LogP contribution in [0.4, 0.5) is 0 Å². The number of nitrogens with zero attached hydrogens (tertiary/aromatic N) is 5. The Labute approximate surface area is 194 Å². The third-order valence-corrected chi connectivity index (χ3v) is 5.70. The lowest BCUT2D eigenvalue weighted by molar-refractivity contribution is 0.414. The molecule has 0 unspecified atom stereocenters. The van der Waals surface area contributed by atoms with E-state index < -0.39 is 0 Å². The van der Waals surface area contributed by atoms with Gasteiger partial charge in [0.25, 0.3) is 0 Å². The van der Waals surface area contributed by atoms with Gasteiger partial charge in [-0.05, 0) is 54.1 Å². The molecule has 166 valence electrons. The van der Waals surface area contributed by atoms with E-state index in [1.54, 1.807) is 37.5 Å². The van der Waals surface area contributed by atoms with Gasteiger partial charge in [-0.1, -0.05) is 12.1 Å². The summed E-state index contributed by atoms with van der Waals surface area (Å²) in [6.07, 6.45) is 5.06. The summed E-state index contributed by atoms with van der Waals surface area (Å²) in [5.41, 5.74) is 4.75. The van der Waals surface area contributed by atoms with Crippen molar-refractivity contribution >= 4 is 16.7 Å².